The fourth-order valence-electron chi connectivity index (χ4n) is 2.13. The number of ether oxygens (including phenoxy) is 3. The Hall–Kier alpha value is -3.22. The standard InChI is InChI=1S/C19H22N2O5/c1-3-24-14-9-11-15(12-10-14)26-13-20-19(23)21-17-8-6-5-7-16(17)18(22)25-4-2/h5-12H,3-4,13H2,1-2H3,(H2,20,21,23). The SMILES string of the molecule is CCOC(=O)c1ccccc1NC(=O)NCOc1ccc(OCC)cc1. The van der Waals surface area contributed by atoms with Gasteiger partial charge in [-0.3, -0.25) is 0 Å². The molecule has 138 valence electrons. The molecule has 0 saturated carbocycles. The van der Waals surface area contributed by atoms with Crippen LogP contribution in [0.5, 0.6) is 11.5 Å². The van der Waals surface area contributed by atoms with Crippen LogP contribution in [0.15, 0.2) is 48.5 Å². The van der Waals surface area contributed by atoms with Gasteiger partial charge in [-0.25, -0.2) is 9.59 Å². The molecule has 0 bridgehead atoms. The maximum Gasteiger partial charge on any atom is 0.340 e. The quantitative estimate of drug-likeness (QED) is 0.558. The van der Waals surface area contributed by atoms with Crippen molar-refractivity contribution >= 4 is 17.7 Å². The van der Waals surface area contributed by atoms with Crippen LogP contribution in [0.4, 0.5) is 10.5 Å². The zero-order chi connectivity index (χ0) is 18.8. The van der Waals surface area contributed by atoms with Crippen LogP contribution >= 0.6 is 0 Å². The third kappa shape index (κ3) is 5.70. The summed E-state index contributed by atoms with van der Waals surface area (Å²) in [6.45, 7) is 4.46. The second-order valence-electron chi connectivity index (χ2n) is 5.09. The van der Waals surface area contributed by atoms with Crippen molar-refractivity contribution in [3.8, 4) is 11.5 Å². The Kier molecular flexibility index (Phi) is 7.30. The number of rotatable bonds is 8. The van der Waals surface area contributed by atoms with Crippen molar-refractivity contribution in [1.29, 1.82) is 0 Å². The maximum atomic E-state index is 12.0. The molecule has 0 saturated heterocycles. The van der Waals surface area contributed by atoms with E-state index in [1.54, 1.807) is 55.5 Å². The Morgan fingerprint density at radius 1 is 0.885 bits per heavy atom. The fourth-order valence-corrected chi connectivity index (χ4v) is 2.13. The summed E-state index contributed by atoms with van der Waals surface area (Å²) in [6.07, 6.45) is 0. The molecule has 0 fully saturated rings. The summed E-state index contributed by atoms with van der Waals surface area (Å²) in [5.41, 5.74) is 0.654. The van der Waals surface area contributed by atoms with Crippen molar-refractivity contribution in [3.63, 3.8) is 0 Å². The third-order valence-electron chi connectivity index (χ3n) is 3.28. The second kappa shape index (κ2) is 9.93. The Morgan fingerprint density at radius 2 is 1.54 bits per heavy atom. The smallest absolute Gasteiger partial charge is 0.340 e. The van der Waals surface area contributed by atoms with E-state index in [1.165, 1.54) is 0 Å². The lowest BCUT2D eigenvalue weighted by Crippen LogP contribution is -2.32. The van der Waals surface area contributed by atoms with E-state index in [1.807, 2.05) is 6.92 Å². The molecule has 2 amide bonds. The van der Waals surface area contributed by atoms with Crippen LogP contribution in [-0.4, -0.2) is 31.9 Å². The number of esters is 1. The minimum Gasteiger partial charge on any atom is -0.494 e. The van der Waals surface area contributed by atoms with Crippen LogP contribution in [0.25, 0.3) is 0 Å². The molecule has 2 aromatic rings. The minimum absolute atomic E-state index is 0.0264. The van der Waals surface area contributed by atoms with Gasteiger partial charge in [-0.2, -0.15) is 0 Å². The number of carbonyl (C=O) groups excluding carboxylic acids is 2. The highest BCUT2D eigenvalue weighted by molar-refractivity contribution is 6.00. The number of carbonyl (C=O) groups is 2. The highest BCUT2D eigenvalue weighted by atomic mass is 16.5. The monoisotopic (exact) mass is 358 g/mol. The van der Waals surface area contributed by atoms with E-state index in [2.05, 4.69) is 10.6 Å². The Morgan fingerprint density at radius 3 is 2.19 bits per heavy atom. The zero-order valence-corrected chi connectivity index (χ0v) is 14.8. The van der Waals surface area contributed by atoms with E-state index >= 15 is 0 Å². The van der Waals surface area contributed by atoms with Crippen LogP contribution in [0.3, 0.4) is 0 Å². The van der Waals surface area contributed by atoms with Gasteiger partial charge in [0, 0.05) is 0 Å². The van der Waals surface area contributed by atoms with Crippen molar-refractivity contribution in [2.75, 3.05) is 25.3 Å². The number of nitrogens with one attached hydrogen (secondary N) is 2. The van der Waals surface area contributed by atoms with Crippen molar-refractivity contribution in [1.82, 2.24) is 5.32 Å². The number of amides is 2. The van der Waals surface area contributed by atoms with E-state index in [-0.39, 0.29) is 18.9 Å². The van der Waals surface area contributed by atoms with Gasteiger partial charge < -0.3 is 24.8 Å². The largest absolute Gasteiger partial charge is 0.494 e. The van der Waals surface area contributed by atoms with Gasteiger partial charge in [0.2, 0.25) is 0 Å². The summed E-state index contributed by atoms with van der Waals surface area (Å²) >= 11 is 0. The van der Waals surface area contributed by atoms with Crippen LogP contribution in [0.2, 0.25) is 0 Å². The maximum absolute atomic E-state index is 12.0. The molecule has 2 rings (SSSR count). The second-order valence-corrected chi connectivity index (χ2v) is 5.09. The third-order valence-corrected chi connectivity index (χ3v) is 3.28. The molecule has 0 spiro atoms. The first kappa shape index (κ1) is 19.1. The molecule has 7 nitrogen and oxygen atoms in total. The molecule has 0 aromatic heterocycles. The van der Waals surface area contributed by atoms with E-state index in [0.717, 1.165) is 5.75 Å². The highest BCUT2D eigenvalue weighted by Crippen LogP contribution is 2.18. The lowest BCUT2D eigenvalue weighted by Gasteiger charge is -2.12. The first-order valence-corrected chi connectivity index (χ1v) is 8.30. The van der Waals surface area contributed by atoms with Gasteiger partial charge in [-0.15, -0.1) is 0 Å². The molecule has 7 heteroatoms. The summed E-state index contributed by atoms with van der Waals surface area (Å²) in [7, 11) is 0. The molecule has 0 heterocycles. The number of anilines is 1. The van der Waals surface area contributed by atoms with Crippen LogP contribution in [-0.2, 0) is 4.74 Å². The number of para-hydroxylation sites is 1. The van der Waals surface area contributed by atoms with Gasteiger partial charge in [0.1, 0.15) is 11.5 Å². The van der Waals surface area contributed by atoms with Crippen molar-refractivity contribution < 1.29 is 23.8 Å². The lowest BCUT2D eigenvalue weighted by molar-refractivity contribution is 0.0527. The van der Waals surface area contributed by atoms with Crippen molar-refractivity contribution in [2.45, 2.75) is 13.8 Å². The summed E-state index contributed by atoms with van der Waals surface area (Å²) in [5.74, 6) is 0.857. The van der Waals surface area contributed by atoms with Gasteiger partial charge in [0.15, 0.2) is 6.73 Å². The first-order valence-electron chi connectivity index (χ1n) is 8.30. The number of benzene rings is 2. The molecule has 0 aliphatic rings. The zero-order valence-electron chi connectivity index (χ0n) is 14.8. The van der Waals surface area contributed by atoms with Gasteiger partial charge in [0.05, 0.1) is 24.5 Å². The van der Waals surface area contributed by atoms with Gasteiger partial charge in [-0.05, 0) is 50.2 Å². The minimum atomic E-state index is -0.493. The average molecular weight is 358 g/mol. The molecular formula is C19H22N2O5. The van der Waals surface area contributed by atoms with Gasteiger partial charge in [-0.1, -0.05) is 12.1 Å². The summed E-state index contributed by atoms with van der Waals surface area (Å²) in [5, 5.41) is 5.17. The molecule has 26 heavy (non-hydrogen) atoms. The highest BCUT2D eigenvalue weighted by Gasteiger charge is 2.13. The molecule has 0 radical (unpaired) electrons. The fraction of sp³-hybridized carbons (Fsp3) is 0.263. The number of hydrogen-bond donors (Lipinski definition) is 2. The van der Waals surface area contributed by atoms with E-state index in [0.29, 0.717) is 18.0 Å². The molecule has 0 atom stereocenters. The van der Waals surface area contributed by atoms with Crippen LogP contribution in [0.1, 0.15) is 24.2 Å². The van der Waals surface area contributed by atoms with Crippen LogP contribution in [0, 0.1) is 0 Å². The summed E-state index contributed by atoms with van der Waals surface area (Å²) in [6, 6.07) is 13.2. The van der Waals surface area contributed by atoms with E-state index < -0.39 is 12.0 Å². The lowest BCUT2D eigenvalue weighted by atomic mass is 10.2. The topological polar surface area (TPSA) is 85.9 Å². The van der Waals surface area contributed by atoms with Crippen molar-refractivity contribution in [2.24, 2.45) is 0 Å². The van der Waals surface area contributed by atoms with Crippen LogP contribution < -0.4 is 20.1 Å². The number of urea groups is 1. The van der Waals surface area contributed by atoms with Gasteiger partial charge >= 0.3 is 12.0 Å². The molecule has 0 aliphatic heterocycles. The summed E-state index contributed by atoms with van der Waals surface area (Å²) in [4.78, 5) is 23.9. The Balaban J connectivity index is 1.84. The van der Waals surface area contributed by atoms with E-state index in [4.69, 9.17) is 14.2 Å². The summed E-state index contributed by atoms with van der Waals surface area (Å²) < 4.78 is 15.8. The Labute approximate surface area is 152 Å². The van der Waals surface area contributed by atoms with E-state index in [9.17, 15) is 9.59 Å². The molecule has 2 N–H and O–H groups in total. The molecule has 2 aromatic carbocycles. The molecule has 0 aliphatic carbocycles. The Bertz CT molecular complexity index is 731. The predicted octanol–water partition coefficient (Wildman–Crippen LogP) is 3.42. The van der Waals surface area contributed by atoms with Gasteiger partial charge in [0.25, 0.3) is 0 Å². The molecular weight excluding hydrogens is 336 g/mol. The normalized spacial score (nSPS) is 9.92. The molecule has 0 unspecified atom stereocenters. The number of hydrogen-bond acceptors (Lipinski definition) is 5. The first-order chi connectivity index (χ1) is 12.6. The van der Waals surface area contributed by atoms with Crippen molar-refractivity contribution in [3.05, 3.63) is 54.1 Å². The predicted molar refractivity (Wildman–Crippen MR) is 97.7 cm³/mol. The average Bonchev–Trinajstić information content (AvgIpc) is 2.64.